The van der Waals surface area contributed by atoms with Crippen LogP contribution in [0.1, 0.15) is 22.8 Å². The van der Waals surface area contributed by atoms with Gasteiger partial charge in [-0.2, -0.15) is 0 Å². The lowest BCUT2D eigenvalue weighted by Gasteiger charge is -2.25. The molecule has 7 heteroatoms. The zero-order valence-electron chi connectivity index (χ0n) is 16.1. The molecule has 1 aliphatic heterocycles. The van der Waals surface area contributed by atoms with Crippen molar-refractivity contribution >= 4 is 11.9 Å². The average Bonchev–Trinajstić information content (AvgIpc) is 3.20. The van der Waals surface area contributed by atoms with Gasteiger partial charge in [-0.05, 0) is 35.9 Å². The second kappa shape index (κ2) is 8.65. The number of hydrogen-bond donors (Lipinski definition) is 0. The normalized spacial score (nSPS) is 13.0. The van der Waals surface area contributed by atoms with E-state index in [9.17, 15) is 9.59 Å². The van der Waals surface area contributed by atoms with Gasteiger partial charge in [0.15, 0.2) is 11.5 Å². The maximum absolute atomic E-state index is 13.2. The Hall–Kier alpha value is -3.22. The number of fused-ring (bicyclic) bond motifs is 1. The summed E-state index contributed by atoms with van der Waals surface area (Å²) in [6, 6.07) is 12.5. The summed E-state index contributed by atoms with van der Waals surface area (Å²) >= 11 is 0. The van der Waals surface area contributed by atoms with E-state index in [2.05, 4.69) is 0 Å². The Morgan fingerprint density at radius 1 is 1.07 bits per heavy atom. The third-order valence-corrected chi connectivity index (χ3v) is 4.54. The molecule has 28 heavy (non-hydrogen) atoms. The standard InChI is InChI=1S/C21H23NO6/c1-14(21(24)26-3)11-22(12-15-4-7-17(25-2)8-5-15)20(23)16-6-9-18-19(10-16)28-13-27-18/h4-10,14H,11-13H2,1-3H3. The Balaban J connectivity index is 1.83. The minimum Gasteiger partial charge on any atom is -0.497 e. The number of carbonyl (C=O) groups excluding carboxylic acids is 2. The second-order valence-corrected chi connectivity index (χ2v) is 6.53. The van der Waals surface area contributed by atoms with Gasteiger partial charge >= 0.3 is 5.97 Å². The molecule has 2 aromatic carbocycles. The van der Waals surface area contributed by atoms with E-state index in [1.165, 1.54) is 7.11 Å². The topological polar surface area (TPSA) is 74.3 Å². The van der Waals surface area contributed by atoms with Gasteiger partial charge < -0.3 is 23.8 Å². The Morgan fingerprint density at radius 3 is 2.46 bits per heavy atom. The van der Waals surface area contributed by atoms with Crippen LogP contribution in [0.2, 0.25) is 0 Å². The largest absolute Gasteiger partial charge is 0.497 e. The van der Waals surface area contributed by atoms with Crippen LogP contribution >= 0.6 is 0 Å². The summed E-state index contributed by atoms with van der Waals surface area (Å²) in [7, 11) is 2.94. The van der Waals surface area contributed by atoms with Crippen LogP contribution in [0.25, 0.3) is 0 Å². The van der Waals surface area contributed by atoms with Crippen molar-refractivity contribution in [2.45, 2.75) is 13.5 Å². The van der Waals surface area contributed by atoms with E-state index in [1.54, 1.807) is 37.1 Å². The van der Waals surface area contributed by atoms with Crippen LogP contribution in [0.5, 0.6) is 17.2 Å². The predicted molar refractivity (Wildman–Crippen MR) is 101 cm³/mol. The highest BCUT2D eigenvalue weighted by Crippen LogP contribution is 2.33. The molecule has 0 N–H and O–H groups in total. The lowest BCUT2D eigenvalue weighted by atomic mass is 10.1. The van der Waals surface area contributed by atoms with Crippen molar-refractivity contribution < 1.29 is 28.5 Å². The molecule has 0 saturated heterocycles. The number of rotatable bonds is 7. The minimum atomic E-state index is -0.457. The lowest BCUT2D eigenvalue weighted by molar-refractivity contribution is -0.145. The van der Waals surface area contributed by atoms with Gasteiger partial charge in [0.25, 0.3) is 5.91 Å². The van der Waals surface area contributed by atoms with Crippen molar-refractivity contribution in [3.63, 3.8) is 0 Å². The highest BCUT2D eigenvalue weighted by atomic mass is 16.7. The third-order valence-electron chi connectivity index (χ3n) is 4.54. The van der Waals surface area contributed by atoms with Crippen molar-refractivity contribution in [3.8, 4) is 17.2 Å². The quantitative estimate of drug-likeness (QED) is 0.683. The Bertz CT molecular complexity index is 848. The lowest BCUT2D eigenvalue weighted by Crippen LogP contribution is -2.36. The maximum Gasteiger partial charge on any atom is 0.310 e. The Labute approximate surface area is 163 Å². The second-order valence-electron chi connectivity index (χ2n) is 6.53. The fourth-order valence-corrected chi connectivity index (χ4v) is 2.99. The van der Waals surface area contributed by atoms with Gasteiger partial charge in [0.1, 0.15) is 5.75 Å². The number of nitrogens with zero attached hydrogens (tertiary/aromatic N) is 1. The molecule has 0 aromatic heterocycles. The fourth-order valence-electron chi connectivity index (χ4n) is 2.99. The van der Waals surface area contributed by atoms with Gasteiger partial charge in [-0.15, -0.1) is 0 Å². The first-order valence-electron chi connectivity index (χ1n) is 8.91. The number of ether oxygens (including phenoxy) is 4. The number of carbonyl (C=O) groups is 2. The summed E-state index contributed by atoms with van der Waals surface area (Å²) in [5.41, 5.74) is 1.39. The van der Waals surface area contributed by atoms with Crippen LogP contribution in [-0.4, -0.2) is 44.3 Å². The smallest absolute Gasteiger partial charge is 0.310 e. The molecule has 0 radical (unpaired) electrons. The van der Waals surface area contributed by atoms with E-state index in [0.717, 1.165) is 11.3 Å². The molecule has 3 rings (SSSR count). The van der Waals surface area contributed by atoms with Crippen molar-refractivity contribution in [1.82, 2.24) is 4.90 Å². The average molecular weight is 385 g/mol. The van der Waals surface area contributed by atoms with Crippen molar-refractivity contribution in [1.29, 1.82) is 0 Å². The van der Waals surface area contributed by atoms with Crippen LogP contribution in [0, 0.1) is 5.92 Å². The van der Waals surface area contributed by atoms with Gasteiger partial charge in [0, 0.05) is 18.7 Å². The number of benzene rings is 2. The molecule has 0 fully saturated rings. The molecule has 2 aromatic rings. The van der Waals surface area contributed by atoms with Gasteiger partial charge in [-0.1, -0.05) is 19.1 Å². The van der Waals surface area contributed by atoms with Gasteiger partial charge in [-0.25, -0.2) is 0 Å². The minimum absolute atomic E-state index is 0.141. The van der Waals surface area contributed by atoms with Crippen molar-refractivity contribution in [2.75, 3.05) is 27.6 Å². The number of methoxy groups -OCH3 is 2. The van der Waals surface area contributed by atoms with E-state index in [1.807, 2.05) is 24.3 Å². The molecule has 1 heterocycles. The molecule has 1 aliphatic rings. The van der Waals surface area contributed by atoms with Crippen molar-refractivity contribution in [3.05, 3.63) is 53.6 Å². The molecule has 1 amide bonds. The van der Waals surface area contributed by atoms with Crippen LogP contribution < -0.4 is 14.2 Å². The summed E-state index contributed by atoms with van der Waals surface area (Å²) in [6.07, 6.45) is 0. The highest BCUT2D eigenvalue weighted by molar-refractivity contribution is 5.95. The molecule has 7 nitrogen and oxygen atoms in total. The fraction of sp³-hybridized carbons (Fsp3) is 0.333. The number of esters is 1. The summed E-state index contributed by atoms with van der Waals surface area (Å²) < 4.78 is 20.7. The molecule has 1 unspecified atom stereocenters. The first-order chi connectivity index (χ1) is 13.5. The SMILES string of the molecule is COC(=O)C(C)CN(Cc1ccc(OC)cc1)C(=O)c1ccc2c(c1)OCO2. The van der Waals surface area contributed by atoms with E-state index in [0.29, 0.717) is 23.6 Å². The Kier molecular flexibility index (Phi) is 6.03. The van der Waals surface area contributed by atoms with E-state index in [4.69, 9.17) is 18.9 Å². The van der Waals surface area contributed by atoms with Crippen molar-refractivity contribution in [2.24, 2.45) is 5.92 Å². The van der Waals surface area contributed by atoms with Gasteiger partial charge in [0.05, 0.1) is 20.1 Å². The summed E-state index contributed by atoms with van der Waals surface area (Å²) in [5.74, 6) is 0.863. The molecule has 1 atom stereocenters. The molecular formula is C21H23NO6. The van der Waals surface area contributed by atoms with E-state index in [-0.39, 0.29) is 25.2 Å². The molecule has 148 valence electrons. The predicted octanol–water partition coefficient (Wildman–Crippen LogP) is 2.88. The van der Waals surface area contributed by atoms with Gasteiger partial charge in [0.2, 0.25) is 6.79 Å². The van der Waals surface area contributed by atoms with E-state index >= 15 is 0 Å². The molecule has 0 spiro atoms. The first kappa shape index (κ1) is 19.5. The zero-order valence-corrected chi connectivity index (χ0v) is 16.1. The number of amides is 1. The first-order valence-corrected chi connectivity index (χ1v) is 8.91. The third kappa shape index (κ3) is 4.36. The molecule has 0 bridgehead atoms. The Morgan fingerprint density at radius 2 is 1.79 bits per heavy atom. The summed E-state index contributed by atoms with van der Waals surface area (Å²) in [4.78, 5) is 26.7. The van der Waals surface area contributed by atoms with Crippen LogP contribution in [0.15, 0.2) is 42.5 Å². The van der Waals surface area contributed by atoms with E-state index < -0.39 is 5.92 Å². The summed E-state index contributed by atoms with van der Waals surface area (Å²) in [6.45, 7) is 2.45. The zero-order chi connectivity index (χ0) is 20.1. The number of hydrogen-bond acceptors (Lipinski definition) is 6. The molecule has 0 saturated carbocycles. The molecular weight excluding hydrogens is 362 g/mol. The monoisotopic (exact) mass is 385 g/mol. The highest BCUT2D eigenvalue weighted by Gasteiger charge is 2.24. The maximum atomic E-state index is 13.2. The van der Waals surface area contributed by atoms with Crippen LogP contribution in [0.4, 0.5) is 0 Å². The van der Waals surface area contributed by atoms with Crippen LogP contribution in [0.3, 0.4) is 0 Å². The van der Waals surface area contributed by atoms with Gasteiger partial charge in [-0.3, -0.25) is 9.59 Å². The molecule has 0 aliphatic carbocycles. The summed E-state index contributed by atoms with van der Waals surface area (Å²) in [5, 5.41) is 0. The van der Waals surface area contributed by atoms with Crippen LogP contribution in [-0.2, 0) is 16.1 Å².